The van der Waals surface area contributed by atoms with Crippen molar-refractivity contribution in [1.82, 2.24) is 10.2 Å². The van der Waals surface area contributed by atoms with E-state index in [2.05, 4.69) is 5.32 Å². The molecule has 4 nitrogen and oxygen atoms in total. The Morgan fingerprint density at radius 3 is 2.60 bits per heavy atom. The van der Waals surface area contributed by atoms with Gasteiger partial charge in [-0.1, -0.05) is 0 Å². The van der Waals surface area contributed by atoms with Gasteiger partial charge in [-0.2, -0.15) is 0 Å². The third-order valence-corrected chi connectivity index (χ3v) is 2.74. The first-order chi connectivity index (χ1) is 9.13. The summed E-state index contributed by atoms with van der Waals surface area (Å²) in [6, 6.07) is 5.87. The maximum absolute atomic E-state index is 12.7. The highest BCUT2D eigenvalue weighted by molar-refractivity contribution is 5.85. The van der Waals surface area contributed by atoms with Crippen molar-refractivity contribution in [1.29, 1.82) is 0 Å². The van der Waals surface area contributed by atoms with Gasteiger partial charge < -0.3 is 15.0 Å². The average Bonchev–Trinajstić information content (AvgIpc) is 2.42. The van der Waals surface area contributed by atoms with Gasteiger partial charge in [-0.25, -0.2) is 4.39 Å². The van der Waals surface area contributed by atoms with E-state index in [9.17, 15) is 9.18 Å². The molecule has 0 aliphatic carbocycles. The number of benzene rings is 1. The van der Waals surface area contributed by atoms with Crippen molar-refractivity contribution in [3.8, 4) is 5.75 Å². The normalized spacial score (nSPS) is 9.75. The van der Waals surface area contributed by atoms with Gasteiger partial charge in [0.05, 0.1) is 6.61 Å². The predicted octanol–water partition coefficient (Wildman–Crippen LogP) is 2.08. The quantitative estimate of drug-likeness (QED) is 0.748. The zero-order valence-corrected chi connectivity index (χ0v) is 12.7. The Morgan fingerprint density at radius 2 is 2.00 bits per heavy atom. The predicted molar refractivity (Wildman–Crippen MR) is 79.9 cm³/mol. The first-order valence-electron chi connectivity index (χ1n) is 6.40. The van der Waals surface area contributed by atoms with Gasteiger partial charge in [0, 0.05) is 26.6 Å². The average molecular weight is 305 g/mol. The number of carbonyl (C=O) groups is 1. The summed E-state index contributed by atoms with van der Waals surface area (Å²) in [5, 5.41) is 3.00. The second-order valence-corrected chi connectivity index (χ2v) is 4.32. The highest BCUT2D eigenvalue weighted by atomic mass is 35.5. The smallest absolute Gasteiger partial charge is 0.222 e. The van der Waals surface area contributed by atoms with E-state index in [0.717, 1.165) is 6.54 Å². The van der Waals surface area contributed by atoms with E-state index in [1.807, 2.05) is 7.05 Å². The Hall–Kier alpha value is -1.33. The first-order valence-corrected chi connectivity index (χ1v) is 6.40. The number of carbonyl (C=O) groups excluding carboxylic acids is 1. The molecule has 0 spiro atoms. The van der Waals surface area contributed by atoms with E-state index in [4.69, 9.17) is 4.74 Å². The van der Waals surface area contributed by atoms with Crippen LogP contribution in [0.3, 0.4) is 0 Å². The summed E-state index contributed by atoms with van der Waals surface area (Å²) in [6.45, 7) is 1.94. The fraction of sp³-hybridized carbons (Fsp3) is 0.500. The summed E-state index contributed by atoms with van der Waals surface area (Å²) in [5.41, 5.74) is 0. The van der Waals surface area contributed by atoms with Crippen LogP contribution in [0.2, 0.25) is 0 Å². The lowest BCUT2D eigenvalue weighted by Crippen LogP contribution is -2.32. The van der Waals surface area contributed by atoms with E-state index in [0.29, 0.717) is 31.7 Å². The topological polar surface area (TPSA) is 41.6 Å². The lowest BCUT2D eigenvalue weighted by atomic mass is 10.3. The molecule has 0 radical (unpaired) electrons. The Kier molecular flexibility index (Phi) is 9.76. The molecule has 0 aliphatic rings. The standard InChI is InChI=1S/C14H21FN2O2.ClH/c1-16-9-10-17(2)14(18)4-3-11-19-13-7-5-12(15)6-8-13;/h5-8,16H,3-4,9-11H2,1-2H3;1H. The summed E-state index contributed by atoms with van der Waals surface area (Å²) in [4.78, 5) is 13.4. The molecule has 0 aliphatic heterocycles. The summed E-state index contributed by atoms with van der Waals surface area (Å²) in [5.74, 6) is 0.448. The summed E-state index contributed by atoms with van der Waals surface area (Å²) >= 11 is 0. The molecular formula is C14H22ClFN2O2. The molecule has 0 unspecified atom stereocenters. The third kappa shape index (κ3) is 7.31. The van der Waals surface area contributed by atoms with Gasteiger partial charge in [-0.05, 0) is 37.7 Å². The van der Waals surface area contributed by atoms with Crippen LogP contribution in [-0.4, -0.2) is 44.6 Å². The van der Waals surface area contributed by atoms with Crippen LogP contribution in [0.1, 0.15) is 12.8 Å². The Labute approximate surface area is 125 Å². The maximum atomic E-state index is 12.7. The van der Waals surface area contributed by atoms with Gasteiger partial charge in [0.2, 0.25) is 5.91 Å². The second kappa shape index (κ2) is 10.5. The molecule has 0 bridgehead atoms. The fourth-order valence-corrected chi connectivity index (χ4v) is 1.54. The SMILES string of the molecule is CNCCN(C)C(=O)CCCOc1ccc(F)cc1.Cl. The number of nitrogens with one attached hydrogen (secondary N) is 1. The van der Waals surface area contributed by atoms with Crippen molar-refractivity contribution in [2.75, 3.05) is 33.8 Å². The van der Waals surface area contributed by atoms with Crippen molar-refractivity contribution in [3.05, 3.63) is 30.1 Å². The lowest BCUT2D eigenvalue weighted by molar-refractivity contribution is -0.130. The van der Waals surface area contributed by atoms with Gasteiger partial charge in [-0.3, -0.25) is 4.79 Å². The van der Waals surface area contributed by atoms with Gasteiger partial charge in [-0.15, -0.1) is 12.4 Å². The number of likely N-dealkylation sites (N-methyl/N-ethyl adjacent to an activating group) is 2. The number of hydrogen-bond donors (Lipinski definition) is 1. The number of nitrogens with zero attached hydrogens (tertiary/aromatic N) is 1. The Balaban J connectivity index is 0.00000361. The van der Waals surface area contributed by atoms with Crippen LogP contribution in [0.4, 0.5) is 4.39 Å². The highest BCUT2D eigenvalue weighted by Gasteiger charge is 2.07. The summed E-state index contributed by atoms with van der Waals surface area (Å²) in [6.07, 6.45) is 1.11. The Bertz CT molecular complexity index is 387. The number of rotatable bonds is 8. The minimum Gasteiger partial charge on any atom is -0.494 e. The van der Waals surface area contributed by atoms with Crippen LogP contribution in [-0.2, 0) is 4.79 Å². The van der Waals surface area contributed by atoms with E-state index in [1.54, 1.807) is 24.1 Å². The molecule has 1 aromatic rings. The highest BCUT2D eigenvalue weighted by Crippen LogP contribution is 2.11. The van der Waals surface area contributed by atoms with Gasteiger partial charge in [0.25, 0.3) is 0 Å². The molecule has 0 fully saturated rings. The molecule has 0 saturated carbocycles. The van der Waals surface area contributed by atoms with Crippen molar-refractivity contribution >= 4 is 18.3 Å². The van der Waals surface area contributed by atoms with Gasteiger partial charge in [0.1, 0.15) is 11.6 Å². The van der Waals surface area contributed by atoms with Crippen LogP contribution in [0, 0.1) is 5.82 Å². The van der Waals surface area contributed by atoms with Crippen LogP contribution < -0.4 is 10.1 Å². The Morgan fingerprint density at radius 1 is 1.35 bits per heavy atom. The van der Waals surface area contributed by atoms with Crippen molar-refractivity contribution in [2.45, 2.75) is 12.8 Å². The molecule has 0 aromatic heterocycles. The minimum atomic E-state index is -0.284. The maximum Gasteiger partial charge on any atom is 0.222 e. The second-order valence-electron chi connectivity index (χ2n) is 4.32. The fourth-order valence-electron chi connectivity index (χ4n) is 1.54. The molecule has 6 heteroatoms. The zero-order chi connectivity index (χ0) is 14.1. The van der Waals surface area contributed by atoms with E-state index in [1.165, 1.54) is 12.1 Å². The molecule has 1 rings (SSSR count). The number of amides is 1. The number of halogens is 2. The minimum absolute atomic E-state index is 0. The van der Waals surface area contributed by atoms with Gasteiger partial charge in [0.15, 0.2) is 0 Å². The molecule has 114 valence electrons. The number of hydrogen-bond acceptors (Lipinski definition) is 3. The first kappa shape index (κ1) is 18.7. The van der Waals surface area contributed by atoms with Gasteiger partial charge >= 0.3 is 0 Å². The van der Waals surface area contributed by atoms with Crippen LogP contribution >= 0.6 is 12.4 Å². The van der Waals surface area contributed by atoms with Crippen molar-refractivity contribution in [3.63, 3.8) is 0 Å². The van der Waals surface area contributed by atoms with Crippen molar-refractivity contribution < 1.29 is 13.9 Å². The largest absolute Gasteiger partial charge is 0.494 e. The molecular weight excluding hydrogens is 283 g/mol. The van der Waals surface area contributed by atoms with Crippen LogP contribution in [0.25, 0.3) is 0 Å². The van der Waals surface area contributed by atoms with E-state index >= 15 is 0 Å². The molecule has 1 N–H and O–H groups in total. The molecule has 0 atom stereocenters. The zero-order valence-electron chi connectivity index (χ0n) is 11.9. The molecule has 1 amide bonds. The van der Waals surface area contributed by atoms with E-state index < -0.39 is 0 Å². The van der Waals surface area contributed by atoms with Crippen molar-refractivity contribution in [2.24, 2.45) is 0 Å². The summed E-state index contributed by atoms with van der Waals surface area (Å²) < 4.78 is 18.1. The molecule has 1 aromatic carbocycles. The summed E-state index contributed by atoms with van der Waals surface area (Å²) in [7, 11) is 3.65. The lowest BCUT2D eigenvalue weighted by Gasteiger charge is -2.16. The van der Waals surface area contributed by atoms with Crippen LogP contribution in [0.15, 0.2) is 24.3 Å². The number of ether oxygens (including phenoxy) is 1. The third-order valence-electron chi connectivity index (χ3n) is 2.74. The monoisotopic (exact) mass is 304 g/mol. The molecule has 0 heterocycles. The molecule has 20 heavy (non-hydrogen) atoms. The molecule has 0 saturated heterocycles. The van der Waals surface area contributed by atoms with Crippen LogP contribution in [0.5, 0.6) is 5.75 Å². The van der Waals surface area contributed by atoms with E-state index in [-0.39, 0.29) is 24.1 Å².